The standard InChI is InChI=1S/C18H26O/c1-13-4-2-3-5-15(13)8-9-18(19)12-17-11-14-6-7-16(17)10-14/h2-5,14,16-19H,6-12H2,1H3. The van der Waals surface area contributed by atoms with Crippen molar-refractivity contribution in [1.82, 2.24) is 0 Å². The van der Waals surface area contributed by atoms with Gasteiger partial charge < -0.3 is 5.11 Å². The van der Waals surface area contributed by atoms with Crippen molar-refractivity contribution >= 4 is 0 Å². The molecule has 1 aromatic carbocycles. The minimum Gasteiger partial charge on any atom is -0.393 e. The van der Waals surface area contributed by atoms with Crippen LogP contribution in [0.3, 0.4) is 0 Å². The van der Waals surface area contributed by atoms with Crippen molar-refractivity contribution in [2.45, 2.75) is 58.0 Å². The van der Waals surface area contributed by atoms with Gasteiger partial charge in [0.05, 0.1) is 6.10 Å². The largest absolute Gasteiger partial charge is 0.393 e. The Morgan fingerprint density at radius 2 is 2.05 bits per heavy atom. The molecule has 1 aromatic rings. The number of aliphatic hydroxyl groups is 1. The highest BCUT2D eigenvalue weighted by Crippen LogP contribution is 2.50. The molecule has 1 N–H and O–H groups in total. The Hall–Kier alpha value is -0.820. The number of benzene rings is 1. The zero-order valence-corrected chi connectivity index (χ0v) is 12.0. The van der Waals surface area contributed by atoms with Crippen molar-refractivity contribution in [3.8, 4) is 0 Å². The summed E-state index contributed by atoms with van der Waals surface area (Å²) >= 11 is 0. The first-order valence-corrected chi connectivity index (χ1v) is 7.95. The molecule has 2 aliphatic rings. The maximum atomic E-state index is 10.3. The summed E-state index contributed by atoms with van der Waals surface area (Å²) in [5.74, 6) is 2.77. The lowest BCUT2D eigenvalue weighted by molar-refractivity contribution is 0.117. The topological polar surface area (TPSA) is 20.2 Å². The predicted octanol–water partition coefficient (Wildman–Crippen LogP) is 4.11. The molecule has 2 fully saturated rings. The van der Waals surface area contributed by atoms with Gasteiger partial charge in [-0.25, -0.2) is 0 Å². The lowest BCUT2D eigenvalue weighted by atomic mass is 9.84. The number of hydrogen-bond acceptors (Lipinski definition) is 1. The third-order valence-corrected chi connectivity index (χ3v) is 5.47. The van der Waals surface area contributed by atoms with E-state index in [1.165, 1.54) is 36.8 Å². The third-order valence-electron chi connectivity index (χ3n) is 5.47. The van der Waals surface area contributed by atoms with E-state index in [2.05, 4.69) is 31.2 Å². The Morgan fingerprint density at radius 3 is 2.74 bits per heavy atom. The average molecular weight is 258 g/mol. The Balaban J connectivity index is 1.47. The molecule has 1 heteroatoms. The molecule has 0 aliphatic heterocycles. The van der Waals surface area contributed by atoms with Gasteiger partial charge in [-0.15, -0.1) is 0 Å². The van der Waals surface area contributed by atoms with E-state index in [4.69, 9.17) is 0 Å². The van der Waals surface area contributed by atoms with Crippen molar-refractivity contribution in [2.24, 2.45) is 17.8 Å². The quantitative estimate of drug-likeness (QED) is 0.842. The van der Waals surface area contributed by atoms with E-state index in [9.17, 15) is 5.11 Å². The molecule has 19 heavy (non-hydrogen) atoms. The molecule has 2 saturated carbocycles. The Labute approximate surface area is 117 Å². The zero-order valence-electron chi connectivity index (χ0n) is 12.0. The number of hydrogen-bond donors (Lipinski definition) is 1. The Kier molecular flexibility index (Phi) is 3.93. The van der Waals surface area contributed by atoms with Crippen LogP contribution >= 0.6 is 0 Å². The molecule has 4 atom stereocenters. The summed E-state index contributed by atoms with van der Waals surface area (Å²) in [5.41, 5.74) is 2.75. The zero-order chi connectivity index (χ0) is 13.2. The summed E-state index contributed by atoms with van der Waals surface area (Å²) < 4.78 is 0. The van der Waals surface area contributed by atoms with Crippen molar-refractivity contribution in [3.63, 3.8) is 0 Å². The van der Waals surface area contributed by atoms with E-state index in [1.807, 2.05) is 0 Å². The molecule has 3 rings (SSSR count). The van der Waals surface area contributed by atoms with Gasteiger partial charge in [0.2, 0.25) is 0 Å². The number of rotatable bonds is 5. The van der Waals surface area contributed by atoms with Crippen LogP contribution in [0.15, 0.2) is 24.3 Å². The lowest BCUT2D eigenvalue weighted by Crippen LogP contribution is -2.19. The van der Waals surface area contributed by atoms with Gasteiger partial charge in [0.1, 0.15) is 0 Å². The van der Waals surface area contributed by atoms with Gasteiger partial charge in [0.25, 0.3) is 0 Å². The van der Waals surface area contributed by atoms with Gasteiger partial charge >= 0.3 is 0 Å². The molecule has 0 saturated heterocycles. The van der Waals surface area contributed by atoms with Crippen molar-refractivity contribution in [3.05, 3.63) is 35.4 Å². The first-order chi connectivity index (χ1) is 9.22. The summed E-state index contributed by atoms with van der Waals surface area (Å²) in [4.78, 5) is 0. The molecule has 104 valence electrons. The van der Waals surface area contributed by atoms with Gasteiger partial charge in [-0.05, 0) is 74.3 Å². The SMILES string of the molecule is Cc1ccccc1CCC(O)CC1CC2CCC1C2. The van der Waals surface area contributed by atoms with Crippen LogP contribution in [0.2, 0.25) is 0 Å². The molecule has 0 aromatic heterocycles. The fraction of sp³-hybridized carbons (Fsp3) is 0.667. The maximum Gasteiger partial charge on any atom is 0.0546 e. The molecule has 0 amide bonds. The van der Waals surface area contributed by atoms with Crippen LogP contribution in [0.4, 0.5) is 0 Å². The highest BCUT2D eigenvalue weighted by atomic mass is 16.3. The first kappa shape index (κ1) is 13.2. The van der Waals surface area contributed by atoms with Gasteiger partial charge in [-0.1, -0.05) is 30.7 Å². The molecular formula is C18H26O. The van der Waals surface area contributed by atoms with Crippen LogP contribution < -0.4 is 0 Å². The summed E-state index contributed by atoms with van der Waals surface area (Å²) in [7, 11) is 0. The van der Waals surface area contributed by atoms with E-state index in [1.54, 1.807) is 0 Å². The van der Waals surface area contributed by atoms with Crippen molar-refractivity contribution < 1.29 is 5.11 Å². The van der Waals surface area contributed by atoms with Crippen LogP contribution in [0, 0.1) is 24.7 Å². The van der Waals surface area contributed by atoms with E-state index < -0.39 is 0 Å². The summed E-state index contributed by atoms with van der Waals surface area (Å²) in [6, 6.07) is 8.55. The summed E-state index contributed by atoms with van der Waals surface area (Å²) in [6.07, 6.45) is 8.64. The van der Waals surface area contributed by atoms with Gasteiger partial charge in [-0.3, -0.25) is 0 Å². The molecular weight excluding hydrogens is 232 g/mol. The predicted molar refractivity (Wildman–Crippen MR) is 79.1 cm³/mol. The van der Waals surface area contributed by atoms with E-state index >= 15 is 0 Å². The normalized spacial score (nSPS) is 30.7. The second kappa shape index (κ2) is 5.66. The number of fused-ring (bicyclic) bond motifs is 2. The van der Waals surface area contributed by atoms with Gasteiger partial charge in [0.15, 0.2) is 0 Å². The van der Waals surface area contributed by atoms with E-state index in [0.717, 1.165) is 37.0 Å². The van der Waals surface area contributed by atoms with Gasteiger partial charge in [0, 0.05) is 0 Å². The highest BCUT2D eigenvalue weighted by molar-refractivity contribution is 5.25. The fourth-order valence-corrected chi connectivity index (χ4v) is 4.35. The minimum absolute atomic E-state index is 0.0936. The minimum atomic E-state index is -0.0936. The second-order valence-corrected chi connectivity index (χ2v) is 6.79. The smallest absolute Gasteiger partial charge is 0.0546 e. The molecule has 1 nitrogen and oxygen atoms in total. The second-order valence-electron chi connectivity index (χ2n) is 6.79. The molecule has 2 bridgehead atoms. The van der Waals surface area contributed by atoms with E-state index in [0.29, 0.717) is 0 Å². The number of aryl methyl sites for hydroxylation is 2. The molecule has 2 aliphatic carbocycles. The van der Waals surface area contributed by atoms with Crippen molar-refractivity contribution in [1.29, 1.82) is 0 Å². The fourth-order valence-electron chi connectivity index (χ4n) is 4.35. The summed E-state index contributed by atoms with van der Waals surface area (Å²) in [5, 5.41) is 10.3. The lowest BCUT2D eigenvalue weighted by Gasteiger charge is -2.24. The average Bonchev–Trinajstić information content (AvgIpc) is 3.00. The molecule has 4 unspecified atom stereocenters. The van der Waals surface area contributed by atoms with Crippen LogP contribution in [0.1, 0.15) is 49.7 Å². The third kappa shape index (κ3) is 3.02. The number of aliphatic hydroxyl groups excluding tert-OH is 1. The van der Waals surface area contributed by atoms with Gasteiger partial charge in [-0.2, -0.15) is 0 Å². The molecule has 0 spiro atoms. The van der Waals surface area contributed by atoms with E-state index in [-0.39, 0.29) is 6.10 Å². The van der Waals surface area contributed by atoms with Crippen molar-refractivity contribution in [2.75, 3.05) is 0 Å². The Bertz CT molecular complexity index is 425. The van der Waals surface area contributed by atoms with Crippen LogP contribution in [-0.2, 0) is 6.42 Å². The maximum absolute atomic E-state index is 10.3. The molecule has 0 heterocycles. The highest BCUT2D eigenvalue weighted by Gasteiger charge is 2.39. The molecule has 0 radical (unpaired) electrons. The van der Waals surface area contributed by atoms with Crippen LogP contribution in [0.25, 0.3) is 0 Å². The summed E-state index contributed by atoms with van der Waals surface area (Å²) in [6.45, 7) is 2.16. The van der Waals surface area contributed by atoms with Crippen LogP contribution in [-0.4, -0.2) is 11.2 Å². The Morgan fingerprint density at radius 1 is 1.21 bits per heavy atom. The first-order valence-electron chi connectivity index (χ1n) is 7.95. The monoisotopic (exact) mass is 258 g/mol. The van der Waals surface area contributed by atoms with Crippen LogP contribution in [0.5, 0.6) is 0 Å².